The van der Waals surface area contributed by atoms with Crippen LogP contribution in [0.2, 0.25) is 5.02 Å². The highest BCUT2D eigenvalue weighted by atomic mass is 35.5. The van der Waals surface area contributed by atoms with Crippen molar-refractivity contribution in [1.29, 1.82) is 0 Å². The minimum Gasteiger partial charge on any atom is -0.477 e. The van der Waals surface area contributed by atoms with Crippen LogP contribution < -0.4 is 10.8 Å². The Hall–Kier alpha value is -8.20. The molecule has 67 heavy (non-hydrogen) atoms. The molecule has 8 heterocycles. The molecule has 8 aromatic heterocycles. The molecule has 0 aromatic carbocycles. The summed E-state index contributed by atoms with van der Waals surface area (Å²) in [4.78, 5) is 62.7. The van der Waals surface area contributed by atoms with Gasteiger partial charge in [0.25, 0.3) is 5.91 Å². The van der Waals surface area contributed by atoms with Gasteiger partial charge in [-0.25, -0.2) is 29.2 Å². The van der Waals surface area contributed by atoms with Crippen molar-refractivity contribution in [3.63, 3.8) is 0 Å². The number of carbonyl (C=O) groups excluding carboxylic acids is 2. The second kappa shape index (κ2) is 24.2. The van der Waals surface area contributed by atoms with E-state index < -0.39 is 19.1 Å². The van der Waals surface area contributed by atoms with Crippen molar-refractivity contribution in [1.82, 2.24) is 55.1 Å². The molecule has 0 aliphatic carbocycles. The average molecular weight is 923 g/mol. The van der Waals surface area contributed by atoms with E-state index in [1.54, 1.807) is 84.3 Å². The number of carboxylic acid groups (broad SMARTS) is 1. The molecule has 0 spiro atoms. The zero-order valence-corrected chi connectivity index (χ0v) is 37.8. The third kappa shape index (κ3) is 14.1. The highest BCUT2D eigenvalue weighted by Gasteiger charge is 2.16. The number of hydrogen-bond donors (Lipinski definition) is 4. The Morgan fingerprint density at radius 3 is 1.75 bits per heavy atom. The van der Waals surface area contributed by atoms with E-state index in [9.17, 15) is 14.4 Å². The molecule has 21 heteroatoms. The first-order valence-electron chi connectivity index (χ1n) is 20.2. The summed E-state index contributed by atoms with van der Waals surface area (Å²) in [5.41, 5.74) is 8.07. The van der Waals surface area contributed by atoms with Crippen LogP contribution >= 0.6 is 11.6 Å². The van der Waals surface area contributed by atoms with E-state index in [0.717, 1.165) is 38.9 Å². The van der Waals surface area contributed by atoms with Gasteiger partial charge in [0.1, 0.15) is 28.6 Å². The minimum atomic E-state index is -1.38. The van der Waals surface area contributed by atoms with Crippen LogP contribution in [0.3, 0.4) is 0 Å². The van der Waals surface area contributed by atoms with Gasteiger partial charge in [-0.3, -0.25) is 24.7 Å². The molecule has 0 bridgehead atoms. The first-order valence-corrected chi connectivity index (χ1v) is 20.5. The van der Waals surface area contributed by atoms with Crippen molar-refractivity contribution < 1.29 is 34.3 Å². The molecule has 8 aromatic rings. The Morgan fingerprint density at radius 2 is 1.24 bits per heavy atom. The lowest BCUT2D eigenvalue weighted by Crippen LogP contribution is -2.29. The minimum absolute atomic E-state index is 0.0532. The van der Waals surface area contributed by atoms with E-state index in [1.807, 2.05) is 58.9 Å². The number of rotatable bonds is 9. The first kappa shape index (κ1) is 49.8. The number of anilines is 1. The second-order valence-electron chi connectivity index (χ2n) is 14.4. The maximum atomic E-state index is 12.8. The van der Waals surface area contributed by atoms with Crippen LogP contribution in [0.15, 0.2) is 129 Å². The number of aryl methyl sites for hydroxylation is 3. The predicted octanol–water partition coefficient (Wildman–Crippen LogP) is 6.08. The van der Waals surface area contributed by atoms with E-state index in [0.29, 0.717) is 33.5 Å². The van der Waals surface area contributed by atoms with E-state index >= 15 is 0 Å². The number of aromatic nitrogens is 11. The van der Waals surface area contributed by atoms with Crippen LogP contribution in [0.5, 0.6) is 0 Å². The Balaban J connectivity index is 0.000000189. The number of carboxylic acids is 1. The van der Waals surface area contributed by atoms with Crippen LogP contribution in [0.4, 0.5) is 5.82 Å². The zero-order chi connectivity index (χ0) is 48.5. The number of hydrogen-bond acceptors (Lipinski definition) is 16. The third-order valence-corrected chi connectivity index (χ3v) is 9.69. The maximum Gasteiger partial charge on any atom is 0.488 e. The molecule has 0 aliphatic rings. The van der Waals surface area contributed by atoms with Crippen molar-refractivity contribution in [2.45, 2.75) is 40.7 Å². The van der Waals surface area contributed by atoms with Crippen LogP contribution in [0, 0.1) is 20.8 Å². The van der Waals surface area contributed by atoms with Crippen molar-refractivity contribution in [3.05, 3.63) is 167 Å². The standard InChI is InChI=1S/C21H20N8O.C12H10N2O2.C8H8ClNO2.C5H6BNO2/c1-13(2)29-20(26-27-28-29)17-5-4-6-19(24-17)25-21(30)18-11-16(14(3)12-23-18)15-7-9-22-10-8-15;1-8-7-14-11(12(15)16)6-10(8)9-2-4-13-5-3-9;1-5-4-10-7(3-6(5)9)8(11)12-2;8-6(9)5-1-3-7-4-2-5/h4-13H,1-3H3,(H,24,25,30);2-7H,1H3,(H,15,16);3-4H,1-2H3;1-4,8-9H. The number of amides is 1. The molecule has 8 rings (SSSR count). The van der Waals surface area contributed by atoms with Crippen LogP contribution in [0.1, 0.15) is 68.0 Å². The number of nitrogens with zero attached hydrogens (tertiary/aromatic N) is 11. The van der Waals surface area contributed by atoms with Gasteiger partial charge in [-0.15, -0.1) is 5.10 Å². The van der Waals surface area contributed by atoms with E-state index in [4.69, 9.17) is 26.8 Å². The molecule has 0 aliphatic heterocycles. The lowest BCUT2D eigenvalue weighted by molar-refractivity contribution is 0.0593. The van der Waals surface area contributed by atoms with Gasteiger partial charge in [-0.2, -0.15) is 0 Å². The third-order valence-electron chi connectivity index (χ3n) is 9.28. The summed E-state index contributed by atoms with van der Waals surface area (Å²) in [5.74, 6) is -0.913. The Bertz CT molecular complexity index is 2910. The molecule has 0 atom stereocenters. The zero-order valence-electron chi connectivity index (χ0n) is 37.1. The molecule has 19 nitrogen and oxygen atoms in total. The second-order valence-corrected chi connectivity index (χ2v) is 14.8. The Kier molecular flexibility index (Phi) is 18.0. The Morgan fingerprint density at radius 1 is 0.716 bits per heavy atom. The molecule has 4 N–H and O–H groups in total. The van der Waals surface area contributed by atoms with Gasteiger partial charge in [-0.05, 0) is 156 Å². The Labute approximate surface area is 390 Å². The number of methoxy groups -OCH3 is 1. The van der Waals surface area contributed by atoms with Crippen LogP contribution in [0.25, 0.3) is 33.8 Å². The largest absolute Gasteiger partial charge is 0.488 e. The summed E-state index contributed by atoms with van der Waals surface area (Å²) in [6.45, 7) is 9.63. The van der Waals surface area contributed by atoms with E-state index in [-0.39, 0.29) is 23.3 Å². The number of esters is 1. The highest BCUT2D eigenvalue weighted by molar-refractivity contribution is 6.58. The van der Waals surface area contributed by atoms with Gasteiger partial charge in [0.05, 0.1) is 13.2 Å². The number of aromatic carboxylic acids is 1. The first-order chi connectivity index (χ1) is 32.2. The van der Waals surface area contributed by atoms with Crippen LogP contribution in [-0.4, -0.2) is 102 Å². The molecule has 0 radical (unpaired) electrons. The summed E-state index contributed by atoms with van der Waals surface area (Å²) in [7, 11) is -0.0781. The van der Waals surface area contributed by atoms with Gasteiger partial charge in [-0.1, -0.05) is 17.7 Å². The fourth-order valence-electron chi connectivity index (χ4n) is 5.74. The number of halogens is 1. The number of carbonyl (C=O) groups is 3. The number of tetrazole rings is 1. The lowest BCUT2D eigenvalue weighted by atomic mass is 9.81. The summed E-state index contributed by atoms with van der Waals surface area (Å²) < 4.78 is 6.15. The molecular formula is C46H44BClN12O7. The molecule has 0 saturated heterocycles. The monoisotopic (exact) mass is 922 g/mol. The van der Waals surface area contributed by atoms with Crippen molar-refractivity contribution in [2.24, 2.45) is 0 Å². The van der Waals surface area contributed by atoms with E-state index in [2.05, 4.69) is 60.5 Å². The SMILES string of the molecule is COC(=O)c1cc(Cl)c(C)cn1.Cc1cnc(C(=O)Nc2cccc(-c3nnnn3C(C)C)n2)cc1-c1ccncc1.Cc1cnc(C(=O)O)cc1-c1ccncc1.OB(O)c1ccncc1. The molecule has 1 amide bonds. The van der Waals surface area contributed by atoms with Crippen molar-refractivity contribution in [2.75, 3.05) is 12.4 Å². The number of ether oxygens (including phenoxy) is 1. The average Bonchev–Trinajstić information content (AvgIpc) is 3.85. The van der Waals surface area contributed by atoms with Crippen molar-refractivity contribution in [3.8, 4) is 33.8 Å². The van der Waals surface area contributed by atoms with Gasteiger partial charge in [0.2, 0.25) is 5.82 Å². The van der Waals surface area contributed by atoms with Gasteiger partial charge >= 0.3 is 19.1 Å². The fraction of sp³-hybridized carbons (Fsp3) is 0.152. The summed E-state index contributed by atoms with van der Waals surface area (Å²) in [5, 5.41) is 41.1. The summed E-state index contributed by atoms with van der Waals surface area (Å²) in [6, 6.07) is 20.8. The summed E-state index contributed by atoms with van der Waals surface area (Å²) in [6.07, 6.45) is 14.6. The van der Waals surface area contributed by atoms with E-state index in [1.165, 1.54) is 31.8 Å². The molecule has 0 fully saturated rings. The number of pyridine rings is 7. The smallest absolute Gasteiger partial charge is 0.477 e. The van der Waals surface area contributed by atoms with Crippen molar-refractivity contribution >= 4 is 47.8 Å². The quantitative estimate of drug-likeness (QED) is 0.0944. The normalized spacial score (nSPS) is 10.2. The molecule has 0 unspecified atom stereocenters. The number of nitrogens with one attached hydrogen (secondary N) is 1. The lowest BCUT2D eigenvalue weighted by Gasteiger charge is -2.10. The topological polar surface area (TPSA) is 267 Å². The van der Waals surface area contributed by atoms with Gasteiger partial charge in [0.15, 0.2) is 0 Å². The van der Waals surface area contributed by atoms with Crippen LogP contribution in [-0.2, 0) is 4.74 Å². The van der Waals surface area contributed by atoms with Gasteiger partial charge in [0, 0.05) is 60.8 Å². The molecule has 0 saturated carbocycles. The molecule has 340 valence electrons. The summed E-state index contributed by atoms with van der Waals surface area (Å²) >= 11 is 5.77. The predicted molar refractivity (Wildman–Crippen MR) is 250 cm³/mol. The van der Waals surface area contributed by atoms with Gasteiger partial charge < -0.3 is 25.2 Å². The maximum absolute atomic E-state index is 12.8. The molecular weight excluding hydrogens is 879 g/mol. The highest BCUT2D eigenvalue weighted by Crippen LogP contribution is 2.25. The fourth-order valence-corrected chi connectivity index (χ4v) is 5.90.